The summed E-state index contributed by atoms with van der Waals surface area (Å²) in [7, 11) is 0. The van der Waals surface area contributed by atoms with Crippen molar-refractivity contribution in [3.8, 4) is 0 Å². The number of halogens is 2. The quantitative estimate of drug-likeness (QED) is 0.753. The zero-order valence-electron chi connectivity index (χ0n) is 9.94. The molecule has 0 bridgehead atoms. The number of pyridine rings is 1. The molecule has 2 aromatic rings. The first-order chi connectivity index (χ1) is 9.16. The minimum absolute atomic E-state index is 0.126. The second kappa shape index (κ2) is 4.83. The standard InChI is InChI=1S/C14H10Cl2N2O/c15-10-3-4-12-9(8-10)5-7-18(12)14(19)11-2-1-6-17-13(11)16/h1-4,6,8H,5,7H2. The summed E-state index contributed by atoms with van der Waals surface area (Å²) < 4.78 is 0. The fourth-order valence-corrected chi connectivity index (χ4v) is 2.67. The molecule has 0 atom stereocenters. The lowest BCUT2D eigenvalue weighted by Gasteiger charge is -2.17. The first-order valence-corrected chi connectivity index (χ1v) is 6.63. The molecule has 3 nitrogen and oxygen atoms in total. The van der Waals surface area contributed by atoms with Gasteiger partial charge >= 0.3 is 0 Å². The number of carbonyl (C=O) groups is 1. The van der Waals surface area contributed by atoms with E-state index in [1.165, 1.54) is 0 Å². The molecule has 96 valence electrons. The van der Waals surface area contributed by atoms with Gasteiger partial charge in [-0.25, -0.2) is 4.98 Å². The highest BCUT2D eigenvalue weighted by Gasteiger charge is 2.27. The normalized spacial score (nSPS) is 13.5. The summed E-state index contributed by atoms with van der Waals surface area (Å²) in [6.07, 6.45) is 2.37. The number of nitrogens with zero attached hydrogens (tertiary/aromatic N) is 2. The zero-order chi connectivity index (χ0) is 13.4. The van der Waals surface area contributed by atoms with Gasteiger partial charge in [-0.2, -0.15) is 0 Å². The van der Waals surface area contributed by atoms with Crippen LogP contribution < -0.4 is 4.90 Å². The van der Waals surface area contributed by atoms with Crippen LogP contribution in [-0.2, 0) is 6.42 Å². The van der Waals surface area contributed by atoms with Crippen LogP contribution in [0.2, 0.25) is 10.2 Å². The molecular weight excluding hydrogens is 283 g/mol. The summed E-state index contributed by atoms with van der Waals surface area (Å²) in [5.41, 5.74) is 2.40. The van der Waals surface area contributed by atoms with Gasteiger partial charge in [-0.05, 0) is 42.3 Å². The maximum atomic E-state index is 12.5. The SMILES string of the molecule is O=C(c1cccnc1Cl)N1CCc2cc(Cl)ccc21. The Hall–Kier alpha value is -1.58. The Balaban J connectivity index is 1.98. The van der Waals surface area contributed by atoms with E-state index in [1.54, 1.807) is 29.3 Å². The van der Waals surface area contributed by atoms with E-state index in [-0.39, 0.29) is 11.1 Å². The lowest BCUT2D eigenvalue weighted by atomic mass is 10.2. The summed E-state index contributed by atoms with van der Waals surface area (Å²) in [5.74, 6) is -0.126. The molecule has 1 aliphatic heterocycles. The van der Waals surface area contributed by atoms with Crippen molar-refractivity contribution in [3.63, 3.8) is 0 Å². The van der Waals surface area contributed by atoms with Crippen molar-refractivity contribution in [1.29, 1.82) is 0 Å². The number of carbonyl (C=O) groups excluding carboxylic acids is 1. The number of hydrogen-bond donors (Lipinski definition) is 0. The largest absolute Gasteiger partial charge is 0.308 e. The molecule has 1 amide bonds. The molecule has 0 saturated heterocycles. The molecule has 0 saturated carbocycles. The molecule has 3 rings (SSSR count). The van der Waals surface area contributed by atoms with E-state index in [4.69, 9.17) is 23.2 Å². The Morgan fingerprint density at radius 1 is 1.26 bits per heavy atom. The average Bonchev–Trinajstić information content (AvgIpc) is 2.81. The fourth-order valence-electron chi connectivity index (χ4n) is 2.27. The second-order valence-electron chi connectivity index (χ2n) is 4.32. The third-order valence-electron chi connectivity index (χ3n) is 3.17. The van der Waals surface area contributed by atoms with Crippen molar-refractivity contribution in [3.05, 3.63) is 57.8 Å². The monoisotopic (exact) mass is 292 g/mol. The molecule has 0 radical (unpaired) electrons. The van der Waals surface area contributed by atoms with Crippen molar-refractivity contribution in [2.75, 3.05) is 11.4 Å². The summed E-state index contributed by atoms with van der Waals surface area (Å²) in [6, 6.07) is 8.95. The van der Waals surface area contributed by atoms with Gasteiger partial charge in [0.2, 0.25) is 0 Å². The Labute approximate surface area is 120 Å². The number of aromatic nitrogens is 1. The van der Waals surface area contributed by atoms with Gasteiger partial charge in [-0.15, -0.1) is 0 Å². The van der Waals surface area contributed by atoms with Crippen molar-refractivity contribution >= 4 is 34.8 Å². The van der Waals surface area contributed by atoms with Crippen LogP contribution in [0.4, 0.5) is 5.69 Å². The number of anilines is 1. The van der Waals surface area contributed by atoms with Gasteiger partial charge in [0, 0.05) is 23.5 Å². The maximum Gasteiger partial charge on any atom is 0.261 e. The number of benzene rings is 1. The zero-order valence-corrected chi connectivity index (χ0v) is 11.4. The van der Waals surface area contributed by atoms with E-state index < -0.39 is 0 Å². The molecule has 0 unspecified atom stereocenters. The number of rotatable bonds is 1. The van der Waals surface area contributed by atoms with Crippen LogP contribution in [0.15, 0.2) is 36.5 Å². The molecular formula is C14H10Cl2N2O. The lowest BCUT2D eigenvalue weighted by molar-refractivity contribution is 0.0989. The van der Waals surface area contributed by atoms with E-state index in [0.29, 0.717) is 17.1 Å². The highest BCUT2D eigenvalue weighted by Crippen LogP contribution is 2.32. The highest BCUT2D eigenvalue weighted by molar-refractivity contribution is 6.33. The van der Waals surface area contributed by atoms with Crippen molar-refractivity contribution in [1.82, 2.24) is 4.98 Å². The topological polar surface area (TPSA) is 33.2 Å². The van der Waals surface area contributed by atoms with Crippen LogP contribution in [0.3, 0.4) is 0 Å². The maximum absolute atomic E-state index is 12.5. The third-order valence-corrected chi connectivity index (χ3v) is 3.71. The molecule has 2 heterocycles. The Kier molecular flexibility index (Phi) is 3.17. The fraction of sp³-hybridized carbons (Fsp3) is 0.143. The highest BCUT2D eigenvalue weighted by atomic mass is 35.5. The number of hydrogen-bond acceptors (Lipinski definition) is 2. The van der Waals surface area contributed by atoms with Gasteiger partial charge in [0.1, 0.15) is 5.15 Å². The Morgan fingerprint density at radius 3 is 2.89 bits per heavy atom. The van der Waals surface area contributed by atoms with E-state index in [9.17, 15) is 4.79 Å². The average molecular weight is 293 g/mol. The smallest absolute Gasteiger partial charge is 0.261 e. The van der Waals surface area contributed by atoms with E-state index in [1.807, 2.05) is 12.1 Å². The molecule has 0 spiro atoms. The second-order valence-corrected chi connectivity index (χ2v) is 5.12. The van der Waals surface area contributed by atoms with Crippen molar-refractivity contribution in [2.24, 2.45) is 0 Å². The predicted octanol–water partition coefficient (Wildman–Crippen LogP) is 3.59. The Bertz CT molecular complexity index is 658. The van der Waals surface area contributed by atoms with Crippen molar-refractivity contribution in [2.45, 2.75) is 6.42 Å². The molecule has 0 aliphatic carbocycles. The van der Waals surface area contributed by atoms with Gasteiger partial charge < -0.3 is 4.90 Å². The summed E-state index contributed by atoms with van der Waals surface area (Å²) in [6.45, 7) is 0.639. The van der Waals surface area contributed by atoms with E-state index in [2.05, 4.69) is 4.98 Å². The summed E-state index contributed by atoms with van der Waals surface area (Å²) in [5, 5.41) is 0.919. The van der Waals surface area contributed by atoms with Crippen LogP contribution >= 0.6 is 23.2 Å². The minimum Gasteiger partial charge on any atom is -0.308 e. The molecule has 1 aliphatic rings. The van der Waals surface area contributed by atoms with E-state index in [0.717, 1.165) is 17.7 Å². The Morgan fingerprint density at radius 2 is 2.11 bits per heavy atom. The molecule has 19 heavy (non-hydrogen) atoms. The number of fused-ring (bicyclic) bond motifs is 1. The third kappa shape index (κ3) is 2.20. The van der Waals surface area contributed by atoms with Gasteiger partial charge in [-0.1, -0.05) is 23.2 Å². The van der Waals surface area contributed by atoms with Gasteiger partial charge in [0.15, 0.2) is 0 Å². The van der Waals surface area contributed by atoms with Gasteiger partial charge in [0.25, 0.3) is 5.91 Å². The van der Waals surface area contributed by atoms with Crippen LogP contribution in [0.1, 0.15) is 15.9 Å². The minimum atomic E-state index is -0.126. The predicted molar refractivity (Wildman–Crippen MR) is 76.1 cm³/mol. The number of amides is 1. The first-order valence-electron chi connectivity index (χ1n) is 5.87. The molecule has 0 fully saturated rings. The van der Waals surface area contributed by atoms with Crippen LogP contribution in [-0.4, -0.2) is 17.4 Å². The first kappa shape index (κ1) is 12.5. The van der Waals surface area contributed by atoms with Crippen LogP contribution in [0.25, 0.3) is 0 Å². The summed E-state index contributed by atoms with van der Waals surface area (Å²) in [4.78, 5) is 18.1. The van der Waals surface area contributed by atoms with Gasteiger partial charge in [-0.3, -0.25) is 4.79 Å². The lowest BCUT2D eigenvalue weighted by Crippen LogP contribution is -2.29. The van der Waals surface area contributed by atoms with Gasteiger partial charge in [0.05, 0.1) is 5.56 Å². The molecule has 1 aromatic heterocycles. The van der Waals surface area contributed by atoms with Crippen LogP contribution in [0, 0.1) is 0 Å². The van der Waals surface area contributed by atoms with E-state index >= 15 is 0 Å². The summed E-state index contributed by atoms with van der Waals surface area (Å²) >= 11 is 11.9. The molecule has 1 aromatic carbocycles. The van der Waals surface area contributed by atoms with Crippen molar-refractivity contribution < 1.29 is 4.79 Å². The molecule has 5 heteroatoms. The molecule has 0 N–H and O–H groups in total. The van der Waals surface area contributed by atoms with Crippen LogP contribution in [0.5, 0.6) is 0 Å².